The molecule has 4 heteroatoms. The molecule has 1 unspecified atom stereocenters. The summed E-state index contributed by atoms with van der Waals surface area (Å²) in [5, 5.41) is 8.97. The number of carbonyl (C=O) groups excluding carboxylic acids is 1. The lowest BCUT2D eigenvalue weighted by Crippen LogP contribution is -2.42. The fraction of sp³-hybridized carbons (Fsp3) is 0.778. The first-order valence-electron chi connectivity index (χ1n) is 4.33. The van der Waals surface area contributed by atoms with Gasteiger partial charge in [0.25, 0.3) is 0 Å². The molecule has 1 atom stereocenters. The maximum atomic E-state index is 11.1. The van der Waals surface area contributed by atoms with E-state index in [1.54, 1.807) is 0 Å². The molecule has 0 saturated heterocycles. The SMILES string of the molecule is CC1(C)CCC(C(N)=O)(C(=O)O)C1. The zero-order valence-electron chi connectivity index (χ0n) is 7.96. The Morgan fingerprint density at radius 2 is 1.85 bits per heavy atom. The number of aliphatic carboxylic acids is 1. The molecule has 1 rings (SSSR count). The lowest BCUT2D eigenvalue weighted by atomic mass is 9.81. The molecule has 4 nitrogen and oxygen atoms in total. The first kappa shape index (κ1) is 10.0. The maximum absolute atomic E-state index is 11.1. The molecule has 0 radical (unpaired) electrons. The van der Waals surface area contributed by atoms with E-state index in [2.05, 4.69) is 0 Å². The smallest absolute Gasteiger partial charge is 0.319 e. The van der Waals surface area contributed by atoms with Gasteiger partial charge < -0.3 is 10.8 Å². The first-order chi connectivity index (χ1) is 5.80. The average molecular weight is 185 g/mol. The second kappa shape index (κ2) is 2.72. The molecular formula is C9H15NO3. The van der Waals surface area contributed by atoms with Crippen molar-refractivity contribution < 1.29 is 14.7 Å². The highest BCUT2D eigenvalue weighted by molar-refractivity contribution is 6.01. The largest absolute Gasteiger partial charge is 0.480 e. The minimum absolute atomic E-state index is 0.0899. The number of carboxylic acid groups (broad SMARTS) is 1. The highest BCUT2D eigenvalue weighted by atomic mass is 16.4. The quantitative estimate of drug-likeness (QED) is 0.623. The van der Waals surface area contributed by atoms with Crippen LogP contribution in [0, 0.1) is 10.8 Å². The number of hydrogen-bond donors (Lipinski definition) is 2. The van der Waals surface area contributed by atoms with Crippen molar-refractivity contribution in [2.45, 2.75) is 33.1 Å². The molecule has 0 aliphatic heterocycles. The predicted molar refractivity (Wildman–Crippen MR) is 46.9 cm³/mol. The van der Waals surface area contributed by atoms with Crippen LogP contribution in [0.2, 0.25) is 0 Å². The summed E-state index contributed by atoms with van der Waals surface area (Å²) in [6, 6.07) is 0. The minimum atomic E-state index is -1.32. The van der Waals surface area contributed by atoms with Crippen LogP contribution in [0.4, 0.5) is 0 Å². The monoisotopic (exact) mass is 185 g/mol. The van der Waals surface area contributed by atoms with Crippen LogP contribution < -0.4 is 5.73 Å². The summed E-state index contributed by atoms with van der Waals surface area (Å²) in [6.07, 6.45) is 1.46. The van der Waals surface area contributed by atoms with Gasteiger partial charge in [-0.25, -0.2) is 0 Å². The molecular weight excluding hydrogens is 170 g/mol. The molecule has 1 aliphatic rings. The number of carbonyl (C=O) groups is 2. The molecule has 1 saturated carbocycles. The van der Waals surface area contributed by atoms with E-state index in [0.717, 1.165) is 6.42 Å². The highest BCUT2D eigenvalue weighted by Crippen LogP contribution is 2.49. The summed E-state index contributed by atoms with van der Waals surface area (Å²) in [6.45, 7) is 3.92. The summed E-state index contributed by atoms with van der Waals surface area (Å²) in [5.74, 6) is -1.78. The van der Waals surface area contributed by atoms with Crippen molar-refractivity contribution in [1.29, 1.82) is 0 Å². The Hall–Kier alpha value is -1.06. The van der Waals surface area contributed by atoms with E-state index < -0.39 is 17.3 Å². The standard InChI is InChI=1S/C9H15NO3/c1-8(2)3-4-9(5-8,6(10)11)7(12)13/h3-5H2,1-2H3,(H2,10,11)(H,12,13). The van der Waals surface area contributed by atoms with Gasteiger partial charge in [-0.1, -0.05) is 13.8 Å². The lowest BCUT2D eigenvalue weighted by Gasteiger charge is -2.22. The van der Waals surface area contributed by atoms with Crippen molar-refractivity contribution in [1.82, 2.24) is 0 Å². The second-order valence-electron chi connectivity index (χ2n) is 4.59. The van der Waals surface area contributed by atoms with Crippen molar-refractivity contribution in [2.75, 3.05) is 0 Å². The summed E-state index contributed by atoms with van der Waals surface area (Å²) < 4.78 is 0. The van der Waals surface area contributed by atoms with E-state index in [-0.39, 0.29) is 5.41 Å². The molecule has 13 heavy (non-hydrogen) atoms. The van der Waals surface area contributed by atoms with Gasteiger partial charge >= 0.3 is 5.97 Å². The van der Waals surface area contributed by atoms with Crippen LogP contribution in [0.15, 0.2) is 0 Å². The summed E-state index contributed by atoms with van der Waals surface area (Å²) >= 11 is 0. The predicted octanol–water partition coefficient (Wildman–Crippen LogP) is 0.753. The Kier molecular flexibility index (Phi) is 2.10. The van der Waals surface area contributed by atoms with Crippen LogP contribution in [-0.4, -0.2) is 17.0 Å². The fourth-order valence-corrected chi connectivity index (χ4v) is 2.04. The molecule has 0 spiro atoms. The van der Waals surface area contributed by atoms with E-state index in [1.165, 1.54) is 0 Å². The average Bonchev–Trinajstić information content (AvgIpc) is 2.27. The molecule has 74 valence electrons. The van der Waals surface area contributed by atoms with Gasteiger partial charge in [0.05, 0.1) is 0 Å². The van der Waals surface area contributed by atoms with Crippen molar-refractivity contribution >= 4 is 11.9 Å². The van der Waals surface area contributed by atoms with Crippen LogP contribution >= 0.6 is 0 Å². The van der Waals surface area contributed by atoms with Gasteiger partial charge in [-0.05, 0) is 24.7 Å². The van der Waals surface area contributed by atoms with E-state index in [4.69, 9.17) is 10.8 Å². The third-order valence-corrected chi connectivity index (χ3v) is 2.89. The van der Waals surface area contributed by atoms with Gasteiger partial charge in [0.1, 0.15) is 5.41 Å². The van der Waals surface area contributed by atoms with Crippen LogP contribution in [0.3, 0.4) is 0 Å². The van der Waals surface area contributed by atoms with Gasteiger partial charge in [0.15, 0.2) is 0 Å². The van der Waals surface area contributed by atoms with E-state index in [9.17, 15) is 9.59 Å². The minimum Gasteiger partial charge on any atom is -0.480 e. The number of rotatable bonds is 2. The first-order valence-corrected chi connectivity index (χ1v) is 4.33. The van der Waals surface area contributed by atoms with Gasteiger partial charge in [0, 0.05) is 0 Å². The Bertz CT molecular complexity index is 244. The molecule has 3 N–H and O–H groups in total. The number of hydrogen-bond acceptors (Lipinski definition) is 2. The van der Waals surface area contributed by atoms with Gasteiger partial charge in [-0.15, -0.1) is 0 Å². The van der Waals surface area contributed by atoms with Crippen molar-refractivity contribution in [3.63, 3.8) is 0 Å². The third kappa shape index (κ3) is 1.53. The Labute approximate surface area is 77.1 Å². The molecule has 0 aromatic carbocycles. The highest BCUT2D eigenvalue weighted by Gasteiger charge is 2.53. The van der Waals surface area contributed by atoms with Gasteiger partial charge in [0.2, 0.25) is 5.91 Å². The van der Waals surface area contributed by atoms with Crippen molar-refractivity contribution in [3.8, 4) is 0 Å². The van der Waals surface area contributed by atoms with E-state index in [0.29, 0.717) is 12.8 Å². The number of amides is 1. The zero-order chi connectivity index (χ0) is 10.3. The van der Waals surface area contributed by atoms with E-state index in [1.807, 2.05) is 13.8 Å². The van der Waals surface area contributed by atoms with Gasteiger partial charge in [-0.2, -0.15) is 0 Å². The Morgan fingerprint density at radius 1 is 1.31 bits per heavy atom. The molecule has 1 fully saturated rings. The lowest BCUT2D eigenvalue weighted by molar-refractivity contribution is -0.154. The van der Waals surface area contributed by atoms with Crippen LogP contribution in [0.5, 0.6) is 0 Å². The summed E-state index contributed by atoms with van der Waals surface area (Å²) in [5.41, 5.74) is 3.73. The third-order valence-electron chi connectivity index (χ3n) is 2.89. The second-order valence-corrected chi connectivity index (χ2v) is 4.59. The van der Waals surface area contributed by atoms with Crippen molar-refractivity contribution in [2.24, 2.45) is 16.6 Å². The van der Waals surface area contributed by atoms with Crippen molar-refractivity contribution in [3.05, 3.63) is 0 Å². The zero-order valence-corrected chi connectivity index (χ0v) is 7.96. The normalized spacial score (nSPS) is 31.5. The summed E-state index contributed by atoms with van der Waals surface area (Å²) in [4.78, 5) is 22.0. The number of nitrogens with two attached hydrogens (primary N) is 1. The number of carboxylic acids is 1. The maximum Gasteiger partial charge on any atom is 0.319 e. The molecule has 1 aliphatic carbocycles. The molecule has 0 aromatic heterocycles. The van der Waals surface area contributed by atoms with Crippen LogP contribution in [-0.2, 0) is 9.59 Å². The van der Waals surface area contributed by atoms with Crippen LogP contribution in [0.25, 0.3) is 0 Å². The van der Waals surface area contributed by atoms with Gasteiger partial charge in [-0.3, -0.25) is 9.59 Å². The summed E-state index contributed by atoms with van der Waals surface area (Å²) in [7, 11) is 0. The van der Waals surface area contributed by atoms with E-state index >= 15 is 0 Å². The number of primary amides is 1. The molecule has 0 heterocycles. The Morgan fingerprint density at radius 3 is 2.00 bits per heavy atom. The topological polar surface area (TPSA) is 80.4 Å². The molecule has 0 aromatic rings. The molecule has 1 amide bonds. The fourth-order valence-electron chi connectivity index (χ4n) is 2.04. The van der Waals surface area contributed by atoms with Crippen LogP contribution in [0.1, 0.15) is 33.1 Å². The Balaban J connectivity index is 2.98. The molecule has 0 bridgehead atoms.